The van der Waals surface area contributed by atoms with E-state index in [-0.39, 0.29) is 0 Å². The first-order valence-corrected chi connectivity index (χ1v) is 1.60. The highest BCUT2D eigenvalue weighted by molar-refractivity contribution is 5.09. The van der Waals surface area contributed by atoms with Crippen LogP contribution in [0, 0.1) is 0 Å². The van der Waals surface area contributed by atoms with Gasteiger partial charge in [0.25, 0.3) is 0 Å². The van der Waals surface area contributed by atoms with E-state index in [0.717, 1.165) is 4.69 Å². The second-order valence-electron chi connectivity index (χ2n) is 0.992. The summed E-state index contributed by atoms with van der Waals surface area (Å²) in [5, 5.41) is 9.87. The van der Waals surface area contributed by atoms with E-state index in [9.17, 15) is 0 Å². The lowest BCUT2D eigenvalue weighted by molar-refractivity contribution is -0.0835. The maximum Gasteiger partial charge on any atom is 0.426 e. The molecule has 6 heteroatoms. The number of nitrogens with zero attached hydrogens (tertiary/aromatic N) is 4. The van der Waals surface area contributed by atoms with E-state index in [1.807, 2.05) is 0 Å². The van der Waals surface area contributed by atoms with Crippen molar-refractivity contribution in [3.63, 3.8) is 0 Å². The molecule has 0 fully saturated rings. The normalized spacial score (nSPS) is 10.9. The second-order valence-corrected chi connectivity index (χ2v) is 0.992. The minimum absolute atomic E-state index is 0.292. The lowest BCUT2D eigenvalue weighted by Gasteiger charge is -1.81. The maximum atomic E-state index is 4.24. The molecule has 0 amide bonds. The highest BCUT2D eigenvalue weighted by Gasteiger charge is 2.02. The highest BCUT2D eigenvalue weighted by atomic mass is 17.1. The van der Waals surface area contributed by atoms with Gasteiger partial charge in [0.05, 0.1) is 0 Å². The van der Waals surface area contributed by atoms with E-state index in [4.69, 9.17) is 0 Å². The molecular weight excluding hydrogens is 100 g/mol. The fourth-order valence-electron chi connectivity index (χ4n) is 0.307. The van der Waals surface area contributed by atoms with Crippen molar-refractivity contribution in [2.75, 3.05) is 0 Å². The Kier molecular flexibility index (Phi) is 0.267. The molecule has 36 valence electrons. The van der Waals surface area contributed by atoms with Gasteiger partial charge in [0.2, 0.25) is 0 Å². The zero-order chi connectivity index (χ0) is 4.69. The van der Waals surface area contributed by atoms with Gasteiger partial charge in [-0.15, -0.1) is 0 Å². The smallest absolute Gasteiger partial charge is 0.219 e. The Labute approximate surface area is 36.6 Å². The van der Waals surface area contributed by atoms with Gasteiger partial charge >= 0.3 is 5.84 Å². The van der Waals surface area contributed by atoms with Gasteiger partial charge in [-0.25, -0.2) is 4.58 Å². The van der Waals surface area contributed by atoms with Crippen LogP contribution in [0.5, 0.6) is 0 Å². The highest BCUT2D eigenvalue weighted by Crippen LogP contribution is 1.94. The Balaban J connectivity index is 3.05. The number of tetrazole rings is 1. The summed E-state index contributed by atoms with van der Waals surface area (Å²) in [4.78, 5) is 0. The molecule has 0 spiro atoms. The van der Waals surface area contributed by atoms with E-state index >= 15 is 0 Å². The van der Waals surface area contributed by atoms with Crippen LogP contribution in [0.15, 0.2) is 9.26 Å². The van der Waals surface area contributed by atoms with Gasteiger partial charge in [-0.1, -0.05) is 5.10 Å². The Bertz CT molecular complexity index is 226. The van der Waals surface area contributed by atoms with Crippen molar-refractivity contribution in [2.45, 2.75) is 0 Å². The fourth-order valence-corrected chi connectivity index (χ4v) is 0.307. The van der Waals surface area contributed by atoms with Crippen LogP contribution in [-0.2, 0) is 0 Å². The van der Waals surface area contributed by atoms with Crippen LogP contribution in [0.1, 0.15) is 0 Å². The molecule has 0 aromatic carbocycles. The summed E-state index contributed by atoms with van der Waals surface area (Å²) in [5.41, 5.74) is 0. The first-order chi connectivity index (χ1) is 3.47. The summed E-state index contributed by atoms with van der Waals surface area (Å²) in [6.07, 6.45) is 0. The SMILES string of the molecule is n1nc2oon2n1. The molecule has 0 aliphatic carbocycles. The Morgan fingerprint density at radius 2 is 2.57 bits per heavy atom. The van der Waals surface area contributed by atoms with E-state index in [0.29, 0.717) is 5.84 Å². The van der Waals surface area contributed by atoms with Gasteiger partial charge < -0.3 is 0 Å². The van der Waals surface area contributed by atoms with E-state index in [1.165, 1.54) is 0 Å². The minimum Gasteiger partial charge on any atom is -0.219 e. The van der Waals surface area contributed by atoms with Crippen molar-refractivity contribution < 1.29 is 9.26 Å². The van der Waals surface area contributed by atoms with Crippen molar-refractivity contribution in [3.8, 4) is 0 Å². The van der Waals surface area contributed by atoms with Crippen molar-refractivity contribution in [1.82, 2.24) is 20.2 Å². The molecule has 0 bridgehead atoms. The molecule has 2 aromatic heterocycles. The summed E-state index contributed by atoms with van der Waals surface area (Å²) in [6, 6.07) is 0. The molecule has 2 aromatic rings. The van der Waals surface area contributed by atoms with Crippen LogP contribution in [0.25, 0.3) is 5.84 Å². The quantitative estimate of drug-likeness (QED) is 0.410. The minimum atomic E-state index is 0.292. The molecule has 0 radical (unpaired) electrons. The average molecular weight is 100 g/mol. The molecule has 0 saturated carbocycles. The zero-order valence-electron chi connectivity index (χ0n) is 3.11. The predicted molar refractivity (Wildman–Crippen MR) is 15.3 cm³/mol. The topological polar surface area (TPSA) is 69.4 Å². The largest absolute Gasteiger partial charge is 0.426 e. The molecule has 6 nitrogen and oxygen atoms in total. The number of fused-ring (bicyclic) bond motifs is 1. The van der Waals surface area contributed by atoms with E-state index < -0.39 is 0 Å². The van der Waals surface area contributed by atoms with Gasteiger partial charge in [0, 0.05) is 4.69 Å². The van der Waals surface area contributed by atoms with Gasteiger partial charge in [0.15, 0.2) is 0 Å². The molecular formula is CN4O2. The first-order valence-electron chi connectivity index (χ1n) is 1.60. The van der Waals surface area contributed by atoms with Crippen LogP contribution in [0.4, 0.5) is 0 Å². The monoisotopic (exact) mass is 100 g/mol. The third-order valence-electron chi connectivity index (χ3n) is 0.598. The fraction of sp³-hybridized carbons (Fsp3) is 0. The number of aromatic nitrogens is 4. The average Bonchev–Trinajstić information content (AvgIpc) is 1.85. The van der Waals surface area contributed by atoms with Gasteiger partial charge in [-0.2, -0.15) is 4.68 Å². The summed E-state index contributed by atoms with van der Waals surface area (Å²) >= 11 is 0. The molecule has 2 rings (SSSR count). The molecule has 0 aliphatic rings. The molecule has 0 aliphatic heterocycles. The van der Waals surface area contributed by atoms with Crippen LogP contribution in [-0.4, -0.2) is 20.2 Å². The molecule has 0 saturated heterocycles. The molecule has 0 atom stereocenters. The van der Waals surface area contributed by atoms with Crippen LogP contribution >= 0.6 is 0 Å². The Morgan fingerprint density at radius 1 is 1.57 bits per heavy atom. The molecule has 2 heterocycles. The van der Waals surface area contributed by atoms with Gasteiger partial charge in [-0.05, 0) is 10.4 Å². The van der Waals surface area contributed by atoms with E-state index in [1.54, 1.807) is 0 Å². The summed E-state index contributed by atoms with van der Waals surface area (Å²) < 4.78 is 9.51. The number of hydrogen-bond acceptors (Lipinski definition) is 5. The molecule has 7 heavy (non-hydrogen) atoms. The third kappa shape index (κ3) is 0.178. The first kappa shape index (κ1) is 2.78. The third-order valence-corrected chi connectivity index (χ3v) is 0.598. The Hall–Kier alpha value is -1.33. The predicted octanol–water partition coefficient (Wildman–Crippen LogP) is -0.690. The maximum absolute atomic E-state index is 4.24. The summed E-state index contributed by atoms with van der Waals surface area (Å²) in [5.74, 6) is 0.292. The summed E-state index contributed by atoms with van der Waals surface area (Å²) in [7, 11) is 0. The van der Waals surface area contributed by atoms with Gasteiger partial charge in [-0.3, -0.25) is 0 Å². The molecule has 0 N–H and O–H groups in total. The van der Waals surface area contributed by atoms with Crippen LogP contribution in [0.3, 0.4) is 0 Å². The Morgan fingerprint density at radius 3 is 2.86 bits per heavy atom. The lowest BCUT2D eigenvalue weighted by atomic mass is 11.3. The zero-order valence-corrected chi connectivity index (χ0v) is 3.11. The number of rotatable bonds is 0. The van der Waals surface area contributed by atoms with Crippen molar-refractivity contribution in [2.24, 2.45) is 0 Å². The second kappa shape index (κ2) is 0.673. The summed E-state index contributed by atoms with van der Waals surface area (Å²) in [6.45, 7) is 0. The van der Waals surface area contributed by atoms with Crippen LogP contribution in [0.2, 0.25) is 0 Å². The van der Waals surface area contributed by atoms with Crippen molar-refractivity contribution >= 4 is 5.84 Å². The standard InChI is InChI=1S/CN4O2/c2-1-5(4-3-2)7-6-1. The lowest BCUT2D eigenvalue weighted by Crippen LogP contribution is -1.87. The number of hydrogen-bond donors (Lipinski definition) is 0. The van der Waals surface area contributed by atoms with Crippen LogP contribution < -0.4 is 0 Å². The molecule has 0 unspecified atom stereocenters. The van der Waals surface area contributed by atoms with Gasteiger partial charge in [0.1, 0.15) is 0 Å². The van der Waals surface area contributed by atoms with E-state index in [2.05, 4.69) is 24.8 Å². The van der Waals surface area contributed by atoms with Crippen molar-refractivity contribution in [1.29, 1.82) is 0 Å². The van der Waals surface area contributed by atoms with Crippen molar-refractivity contribution in [3.05, 3.63) is 0 Å².